The molecular formula is C15H14F2N4O2S. The summed E-state index contributed by atoms with van der Waals surface area (Å²) in [6.45, 7) is -2.73. The summed E-state index contributed by atoms with van der Waals surface area (Å²) in [7, 11) is 2.92. The molecule has 24 heavy (non-hydrogen) atoms. The normalized spacial score (nSPS) is 11.5. The molecule has 0 aliphatic carbocycles. The van der Waals surface area contributed by atoms with Crippen LogP contribution in [0.4, 0.5) is 8.78 Å². The van der Waals surface area contributed by atoms with E-state index in [1.54, 1.807) is 24.3 Å². The zero-order valence-electron chi connectivity index (χ0n) is 12.9. The maximum atomic E-state index is 13.4. The van der Waals surface area contributed by atoms with E-state index in [0.717, 1.165) is 20.9 Å². The van der Waals surface area contributed by atoms with Gasteiger partial charge in [0.25, 0.3) is 5.56 Å². The summed E-state index contributed by atoms with van der Waals surface area (Å²) >= 11 is 1.06. The Hall–Kier alpha value is -2.42. The van der Waals surface area contributed by atoms with Gasteiger partial charge in [-0.25, -0.2) is 9.78 Å². The summed E-state index contributed by atoms with van der Waals surface area (Å²) in [4.78, 5) is 27.9. The number of rotatable bonds is 4. The Kier molecular flexibility index (Phi) is 4.27. The van der Waals surface area contributed by atoms with Crippen LogP contribution in [0.25, 0.3) is 11.0 Å². The fraction of sp³-hybridized carbons (Fsp3) is 0.267. The lowest BCUT2D eigenvalue weighted by Crippen LogP contribution is -2.37. The van der Waals surface area contributed by atoms with Crippen LogP contribution in [-0.4, -0.2) is 18.7 Å². The number of imidazole rings is 1. The maximum absolute atomic E-state index is 13.4. The van der Waals surface area contributed by atoms with Gasteiger partial charge in [-0.1, -0.05) is 23.9 Å². The van der Waals surface area contributed by atoms with Crippen molar-refractivity contribution in [1.82, 2.24) is 18.7 Å². The smallest absolute Gasteiger partial charge is 0.300 e. The summed E-state index contributed by atoms with van der Waals surface area (Å²) in [5.41, 5.74) is 0.364. The Morgan fingerprint density at radius 1 is 1.17 bits per heavy atom. The van der Waals surface area contributed by atoms with Crippen LogP contribution in [0.2, 0.25) is 0 Å². The lowest BCUT2D eigenvalue weighted by molar-refractivity contribution is 0.0656. The Morgan fingerprint density at radius 3 is 2.58 bits per heavy atom. The third kappa shape index (κ3) is 2.75. The molecule has 0 atom stereocenters. The number of nitrogens with zero attached hydrogens (tertiary/aromatic N) is 4. The lowest BCUT2D eigenvalue weighted by atomic mass is 10.3. The third-order valence-corrected chi connectivity index (χ3v) is 4.72. The fourth-order valence-electron chi connectivity index (χ4n) is 2.37. The van der Waals surface area contributed by atoms with E-state index >= 15 is 0 Å². The van der Waals surface area contributed by atoms with Gasteiger partial charge < -0.3 is 0 Å². The second-order valence-corrected chi connectivity index (χ2v) is 6.14. The zero-order chi connectivity index (χ0) is 17.4. The van der Waals surface area contributed by atoms with Gasteiger partial charge in [-0.3, -0.25) is 18.5 Å². The molecule has 0 fully saturated rings. The second kappa shape index (κ2) is 6.23. The van der Waals surface area contributed by atoms with Gasteiger partial charge in [0.1, 0.15) is 0 Å². The van der Waals surface area contributed by atoms with E-state index in [-0.39, 0.29) is 10.9 Å². The standard InChI is InChI=1S/C15H14F2N4O2S/c1-19-9(7-12(22)20(2)15(19)23)8-24-14-18-10-5-3-4-6-11(10)21(14)13(16)17/h3-7,13H,8H2,1-2H3. The first-order valence-corrected chi connectivity index (χ1v) is 8.02. The Labute approximate surface area is 139 Å². The summed E-state index contributed by atoms with van der Waals surface area (Å²) in [5, 5.41) is 0.138. The van der Waals surface area contributed by atoms with Crippen LogP contribution in [-0.2, 0) is 19.8 Å². The van der Waals surface area contributed by atoms with Crippen molar-refractivity contribution >= 4 is 22.8 Å². The van der Waals surface area contributed by atoms with E-state index < -0.39 is 17.8 Å². The molecule has 0 unspecified atom stereocenters. The van der Waals surface area contributed by atoms with Crippen LogP contribution in [0.1, 0.15) is 12.2 Å². The van der Waals surface area contributed by atoms with Crippen molar-refractivity contribution in [2.45, 2.75) is 17.5 Å². The van der Waals surface area contributed by atoms with E-state index in [2.05, 4.69) is 4.98 Å². The van der Waals surface area contributed by atoms with Gasteiger partial charge in [0, 0.05) is 31.6 Å². The Balaban J connectivity index is 1.99. The molecule has 0 N–H and O–H groups in total. The number of thioether (sulfide) groups is 1. The number of hydrogen-bond acceptors (Lipinski definition) is 4. The van der Waals surface area contributed by atoms with Gasteiger partial charge in [0.15, 0.2) is 5.16 Å². The minimum absolute atomic E-state index is 0.138. The number of alkyl halides is 2. The maximum Gasteiger partial charge on any atom is 0.330 e. The Bertz CT molecular complexity index is 1020. The van der Waals surface area contributed by atoms with E-state index in [0.29, 0.717) is 16.7 Å². The molecule has 126 valence electrons. The van der Waals surface area contributed by atoms with Gasteiger partial charge >= 0.3 is 12.2 Å². The van der Waals surface area contributed by atoms with Crippen LogP contribution >= 0.6 is 11.8 Å². The highest BCUT2D eigenvalue weighted by atomic mass is 32.2. The van der Waals surface area contributed by atoms with Crippen LogP contribution in [0, 0.1) is 0 Å². The van der Waals surface area contributed by atoms with Crippen LogP contribution in [0.15, 0.2) is 45.1 Å². The second-order valence-electron chi connectivity index (χ2n) is 5.19. The SMILES string of the molecule is Cn1c(CSc2nc3ccccc3n2C(F)F)cc(=O)n(C)c1=O. The highest BCUT2D eigenvalue weighted by Crippen LogP contribution is 2.30. The van der Waals surface area contributed by atoms with Crippen molar-refractivity contribution in [3.05, 3.63) is 56.9 Å². The number of para-hydroxylation sites is 2. The minimum Gasteiger partial charge on any atom is -0.300 e. The van der Waals surface area contributed by atoms with Crippen molar-refractivity contribution in [1.29, 1.82) is 0 Å². The molecule has 6 nitrogen and oxygen atoms in total. The molecule has 0 radical (unpaired) electrons. The Morgan fingerprint density at radius 2 is 1.88 bits per heavy atom. The van der Waals surface area contributed by atoms with Gasteiger partial charge in [-0.15, -0.1) is 0 Å². The molecule has 0 saturated heterocycles. The molecule has 2 heterocycles. The molecule has 0 spiro atoms. The number of benzene rings is 1. The van der Waals surface area contributed by atoms with Gasteiger partial charge in [-0.05, 0) is 12.1 Å². The van der Waals surface area contributed by atoms with E-state index in [9.17, 15) is 18.4 Å². The molecule has 2 aromatic heterocycles. The summed E-state index contributed by atoms with van der Waals surface area (Å²) in [5.74, 6) is 0.178. The van der Waals surface area contributed by atoms with Gasteiger partial charge in [0.2, 0.25) is 0 Å². The molecule has 3 aromatic rings. The lowest BCUT2D eigenvalue weighted by Gasteiger charge is -2.10. The molecule has 0 bridgehead atoms. The van der Waals surface area contributed by atoms with Crippen molar-refractivity contribution in [2.24, 2.45) is 14.1 Å². The first kappa shape index (κ1) is 16.4. The molecule has 0 aliphatic rings. The van der Waals surface area contributed by atoms with E-state index in [4.69, 9.17) is 0 Å². The first-order valence-electron chi connectivity index (χ1n) is 7.04. The average molecular weight is 352 g/mol. The predicted octanol–water partition coefficient (Wildman–Crippen LogP) is 2.12. The largest absolute Gasteiger partial charge is 0.330 e. The topological polar surface area (TPSA) is 61.8 Å². The number of aromatic nitrogens is 4. The van der Waals surface area contributed by atoms with E-state index in [1.807, 2.05) is 0 Å². The number of fused-ring (bicyclic) bond motifs is 1. The highest BCUT2D eigenvalue weighted by molar-refractivity contribution is 7.98. The quantitative estimate of drug-likeness (QED) is 0.675. The molecule has 0 amide bonds. The third-order valence-electron chi connectivity index (χ3n) is 3.73. The van der Waals surface area contributed by atoms with Gasteiger partial charge in [0.05, 0.1) is 11.0 Å². The summed E-state index contributed by atoms with van der Waals surface area (Å²) in [6, 6.07) is 7.95. The average Bonchev–Trinajstić information content (AvgIpc) is 2.93. The summed E-state index contributed by atoms with van der Waals surface area (Å²) < 4.78 is 29.9. The minimum atomic E-state index is -2.73. The van der Waals surface area contributed by atoms with Crippen molar-refractivity contribution in [3.8, 4) is 0 Å². The van der Waals surface area contributed by atoms with Gasteiger partial charge in [-0.2, -0.15) is 8.78 Å². The monoisotopic (exact) mass is 352 g/mol. The molecule has 3 rings (SSSR count). The van der Waals surface area contributed by atoms with E-state index in [1.165, 1.54) is 24.7 Å². The molecular weight excluding hydrogens is 338 g/mol. The molecule has 9 heteroatoms. The molecule has 0 saturated carbocycles. The first-order chi connectivity index (χ1) is 11.4. The van der Waals surface area contributed by atoms with Crippen molar-refractivity contribution in [3.63, 3.8) is 0 Å². The predicted molar refractivity (Wildman–Crippen MR) is 87.5 cm³/mol. The van der Waals surface area contributed by atoms with Crippen molar-refractivity contribution < 1.29 is 8.78 Å². The fourth-order valence-corrected chi connectivity index (χ4v) is 3.40. The molecule has 1 aromatic carbocycles. The van der Waals surface area contributed by atoms with Crippen LogP contribution < -0.4 is 11.2 Å². The van der Waals surface area contributed by atoms with Crippen LogP contribution in [0.3, 0.4) is 0 Å². The van der Waals surface area contributed by atoms with Crippen LogP contribution in [0.5, 0.6) is 0 Å². The number of hydrogen-bond donors (Lipinski definition) is 0. The van der Waals surface area contributed by atoms with Crippen molar-refractivity contribution in [2.75, 3.05) is 0 Å². The number of halogens is 2. The zero-order valence-corrected chi connectivity index (χ0v) is 13.8. The summed E-state index contributed by atoms with van der Waals surface area (Å²) in [6.07, 6.45) is 0. The highest BCUT2D eigenvalue weighted by Gasteiger charge is 2.18. The molecule has 0 aliphatic heterocycles.